The molecular formula is C13H12N4O5. The monoisotopic (exact) mass is 304 g/mol. The van der Waals surface area contributed by atoms with Crippen LogP contribution in [0.2, 0.25) is 0 Å². The fraction of sp³-hybridized carbons (Fsp3) is 0.154. The zero-order valence-corrected chi connectivity index (χ0v) is 11.5. The Bertz CT molecular complexity index is 771. The molecule has 0 spiro atoms. The molecule has 1 heterocycles. The van der Waals surface area contributed by atoms with Gasteiger partial charge in [-0.3, -0.25) is 19.7 Å². The lowest BCUT2D eigenvalue weighted by Gasteiger charge is -2.07. The molecule has 0 bridgehead atoms. The molecule has 2 N–H and O–H groups in total. The second-order valence-electron chi connectivity index (χ2n) is 4.35. The molecule has 0 fully saturated rings. The Morgan fingerprint density at radius 3 is 2.95 bits per heavy atom. The maximum Gasteiger partial charge on any atom is 0.395 e. The molecule has 1 aromatic heterocycles. The van der Waals surface area contributed by atoms with Gasteiger partial charge < -0.3 is 15.0 Å². The van der Waals surface area contributed by atoms with E-state index in [2.05, 4.69) is 15.3 Å². The Morgan fingerprint density at radius 2 is 2.27 bits per heavy atom. The molecule has 9 heteroatoms. The Kier molecular flexibility index (Phi) is 4.47. The van der Waals surface area contributed by atoms with Gasteiger partial charge in [-0.25, -0.2) is 0 Å². The number of rotatable bonds is 5. The number of nitro groups is 1. The van der Waals surface area contributed by atoms with E-state index in [9.17, 15) is 19.7 Å². The normalized spacial score (nSPS) is 10.0. The smallest absolute Gasteiger partial charge is 0.395 e. The van der Waals surface area contributed by atoms with Crippen LogP contribution in [0.4, 0.5) is 11.4 Å². The molecule has 114 valence electrons. The molecule has 0 aliphatic carbocycles. The number of carbonyl (C=O) groups excluding carboxylic acids is 1. The fourth-order valence-corrected chi connectivity index (χ4v) is 1.70. The highest BCUT2D eigenvalue weighted by Crippen LogP contribution is 2.17. The summed E-state index contributed by atoms with van der Waals surface area (Å²) in [6.07, 6.45) is 0.961. The van der Waals surface area contributed by atoms with Crippen molar-refractivity contribution in [3.63, 3.8) is 0 Å². The summed E-state index contributed by atoms with van der Waals surface area (Å²) in [7, 11) is 0. The van der Waals surface area contributed by atoms with Crippen LogP contribution in [0.5, 0.6) is 5.88 Å². The van der Waals surface area contributed by atoms with Crippen molar-refractivity contribution in [2.75, 3.05) is 11.9 Å². The molecular weight excluding hydrogens is 292 g/mol. The zero-order chi connectivity index (χ0) is 16.1. The summed E-state index contributed by atoms with van der Waals surface area (Å²) in [6.45, 7) is 1.36. The van der Waals surface area contributed by atoms with Crippen LogP contribution in [0, 0.1) is 17.0 Å². The first-order chi connectivity index (χ1) is 10.5. The van der Waals surface area contributed by atoms with Gasteiger partial charge >= 0.3 is 17.1 Å². The molecule has 9 nitrogen and oxygen atoms in total. The van der Waals surface area contributed by atoms with Crippen molar-refractivity contribution in [1.82, 2.24) is 9.97 Å². The molecule has 0 saturated carbocycles. The van der Waals surface area contributed by atoms with Gasteiger partial charge in [0.15, 0.2) is 6.61 Å². The molecule has 2 rings (SSSR count). The van der Waals surface area contributed by atoms with Crippen LogP contribution >= 0.6 is 0 Å². The van der Waals surface area contributed by atoms with Crippen molar-refractivity contribution in [2.24, 2.45) is 0 Å². The summed E-state index contributed by atoms with van der Waals surface area (Å²) in [6, 6.07) is 7.09. The highest BCUT2D eigenvalue weighted by molar-refractivity contribution is 5.91. The van der Waals surface area contributed by atoms with Gasteiger partial charge in [-0.2, -0.15) is 4.98 Å². The lowest BCUT2D eigenvalue weighted by Crippen LogP contribution is -2.22. The minimum absolute atomic E-state index is 0.506. The van der Waals surface area contributed by atoms with Gasteiger partial charge in [0.25, 0.3) is 5.91 Å². The third-order valence-corrected chi connectivity index (χ3v) is 2.62. The number of benzene rings is 1. The highest BCUT2D eigenvalue weighted by Gasteiger charge is 2.22. The van der Waals surface area contributed by atoms with Crippen molar-refractivity contribution >= 4 is 17.3 Å². The minimum Gasteiger partial charge on any atom is -0.462 e. The van der Waals surface area contributed by atoms with Crippen LogP contribution in [0.1, 0.15) is 5.56 Å². The lowest BCUT2D eigenvalue weighted by atomic mass is 10.2. The summed E-state index contributed by atoms with van der Waals surface area (Å²) in [4.78, 5) is 38.6. The number of hydrogen-bond acceptors (Lipinski definition) is 6. The Hall–Kier alpha value is -3.23. The summed E-state index contributed by atoms with van der Waals surface area (Å²) in [5, 5.41) is 13.3. The molecule has 1 amide bonds. The van der Waals surface area contributed by atoms with Crippen molar-refractivity contribution in [2.45, 2.75) is 6.92 Å². The third kappa shape index (κ3) is 3.66. The van der Waals surface area contributed by atoms with Crippen molar-refractivity contribution in [3.8, 4) is 5.88 Å². The number of nitrogens with zero attached hydrogens (tertiary/aromatic N) is 2. The van der Waals surface area contributed by atoms with Crippen LogP contribution < -0.4 is 15.6 Å². The van der Waals surface area contributed by atoms with Crippen molar-refractivity contribution in [3.05, 3.63) is 56.6 Å². The maximum absolute atomic E-state index is 11.7. The van der Waals surface area contributed by atoms with E-state index in [-0.39, 0.29) is 0 Å². The first-order valence-electron chi connectivity index (χ1n) is 6.19. The van der Waals surface area contributed by atoms with Gasteiger partial charge in [-0.1, -0.05) is 12.1 Å². The number of amides is 1. The first kappa shape index (κ1) is 15.2. The number of nitrogens with one attached hydrogen (secondary N) is 2. The number of anilines is 1. The number of aromatic amines is 1. The van der Waals surface area contributed by atoms with E-state index in [1.807, 2.05) is 13.0 Å². The van der Waals surface area contributed by atoms with E-state index in [4.69, 9.17) is 4.74 Å². The number of H-pyrrole nitrogens is 1. The van der Waals surface area contributed by atoms with Crippen molar-refractivity contribution < 1.29 is 14.5 Å². The van der Waals surface area contributed by atoms with E-state index >= 15 is 0 Å². The molecule has 2 aromatic rings. The van der Waals surface area contributed by atoms with E-state index in [1.165, 1.54) is 0 Å². The molecule has 0 unspecified atom stereocenters. The number of ether oxygens (including phenoxy) is 1. The van der Waals surface area contributed by atoms with Gasteiger partial charge in [0.2, 0.25) is 0 Å². The molecule has 0 aliphatic heterocycles. The average molecular weight is 304 g/mol. The number of aryl methyl sites for hydroxylation is 1. The predicted molar refractivity (Wildman–Crippen MR) is 76.8 cm³/mol. The van der Waals surface area contributed by atoms with Crippen LogP contribution in [0.15, 0.2) is 35.4 Å². The Balaban J connectivity index is 2.04. The van der Waals surface area contributed by atoms with Crippen LogP contribution in [0.3, 0.4) is 0 Å². The van der Waals surface area contributed by atoms with Crippen LogP contribution in [-0.4, -0.2) is 27.4 Å². The average Bonchev–Trinajstić information content (AvgIpc) is 2.44. The van der Waals surface area contributed by atoms with Crippen LogP contribution in [-0.2, 0) is 4.79 Å². The predicted octanol–water partition coefficient (Wildman–Crippen LogP) is 1.00. The second-order valence-corrected chi connectivity index (χ2v) is 4.35. The second kappa shape index (κ2) is 6.48. The van der Waals surface area contributed by atoms with Crippen molar-refractivity contribution in [1.29, 1.82) is 0 Å². The SMILES string of the molecule is Cc1cccc(NC(=O)COc2nc[nH]c(=O)c2[N+](=O)[O-])c1. The Morgan fingerprint density at radius 1 is 1.50 bits per heavy atom. The summed E-state index contributed by atoms with van der Waals surface area (Å²) >= 11 is 0. The fourth-order valence-electron chi connectivity index (χ4n) is 1.70. The molecule has 0 atom stereocenters. The Labute approximate surface area is 124 Å². The summed E-state index contributed by atoms with van der Waals surface area (Å²) in [5.41, 5.74) is -0.257. The molecule has 0 saturated heterocycles. The number of carbonyl (C=O) groups is 1. The van der Waals surface area contributed by atoms with Gasteiger partial charge in [0, 0.05) is 5.69 Å². The van der Waals surface area contributed by atoms with Crippen LogP contribution in [0.25, 0.3) is 0 Å². The topological polar surface area (TPSA) is 127 Å². The van der Waals surface area contributed by atoms with Gasteiger partial charge in [0.1, 0.15) is 0 Å². The highest BCUT2D eigenvalue weighted by atomic mass is 16.6. The number of aromatic nitrogens is 2. The van der Waals surface area contributed by atoms with E-state index < -0.39 is 34.6 Å². The standard InChI is InChI=1S/C13H12N4O5/c1-8-3-2-4-9(5-8)16-10(18)6-22-13-11(17(20)21)12(19)14-7-15-13/h2-5,7H,6H2,1H3,(H,16,18)(H,14,15,19). The van der Waals surface area contributed by atoms with Gasteiger partial charge in [0.05, 0.1) is 11.3 Å². The molecule has 0 aliphatic rings. The van der Waals surface area contributed by atoms with E-state index in [1.54, 1.807) is 18.2 Å². The molecule has 0 radical (unpaired) electrons. The maximum atomic E-state index is 11.7. The minimum atomic E-state index is -0.950. The first-order valence-corrected chi connectivity index (χ1v) is 6.19. The molecule has 1 aromatic carbocycles. The summed E-state index contributed by atoms with van der Waals surface area (Å²) < 4.78 is 4.96. The number of hydrogen-bond donors (Lipinski definition) is 2. The van der Waals surface area contributed by atoms with E-state index in [0.29, 0.717) is 5.69 Å². The quantitative estimate of drug-likeness (QED) is 0.626. The largest absolute Gasteiger partial charge is 0.462 e. The molecule has 22 heavy (non-hydrogen) atoms. The zero-order valence-electron chi connectivity index (χ0n) is 11.5. The summed E-state index contributed by atoms with van der Waals surface area (Å²) in [5.74, 6) is -1.03. The van der Waals surface area contributed by atoms with E-state index in [0.717, 1.165) is 11.9 Å². The third-order valence-electron chi connectivity index (χ3n) is 2.62. The lowest BCUT2D eigenvalue weighted by molar-refractivity contribution is -0.387. The van der Waals surface area contributed by atoms with Gasteiger partial charge in [-0.05, 0) is 24.6 Å². The van der Waals surface area contributed by atoms with Gasteiger partial charge in [-0.15, -0.1) is 0 Å².